The fourth-order valence-electron chi connectivity index (χ4n) is 3.77. The van der Waals surface area contributed by atoms with Crippen LogP contribution >= 0.6 is 23.4 Å². The van der Waals surface area contributed by atoms with Gasteiger partial charge >= 0.3 is 6.03 Å². The van der Waals surface area contributed by atoms with Gasteiger partial charge in [-0.25, -0.2) is 4.79 Å². The molecule has 0 bridgehead atoms. The molecular formula is C28H30ClN5O2S. The van der Waals surface area contributed by atoms with E-state index in [-0.39, 0.29) is 12.6 Å². The highest BCUT2D eigenvalue weighted by molar-refractivity contribution is 7.98. The van der Waals surface area contributed by atoms with Crippen molar-refractivity contribution >= 4 is 35.1 Å². The first-order valence-electron chi connectivity index (χ1n) is 12.0. The highest BCUT2D eigenvalue weighted by Crippen LogP contribution is 2.29. The molecule has 0 aliphatic carbocycles. The highest BCUT2D eigenvalue weighted by atomic mass is 35.5. The maximum Gasteiger partial charge on any atom is 0.319 e. The number of aryl methyl sites for hydroxylation is 1. The minimum absolute atomic E-state index is 0.189. The van der Waals surface area contributed by atoms with Gasteiger partial charge < -0.3 is 15.4 Å². The van der Waals surface area contributed by atoms with Gasteiger partial charge in [-0.3, -0.25) is 4.57 Å². The van der Waals surface area contributed by atoms with E-state index in [9.17, 15) is 4.79 Å². The summed E-state index contributed by atoms with van der Waals surface area (Å²) >= 11 is 7.89. The molecule has 7 nitrogen and oxygen atoms in total. The molecule has 0 saturated carbocycles. The van der Waals surface area contributed by atoms with E-state index in [0.29, 0.717) is 27.7 Å². The third-order valence-electron chi connectivity index (χ3n) is 5.86. The third-order valence-corrected chi connectivity index (χ3v) is 7.09. The van der Waals surface area contributed by atoms with E-state index in [4.69, 9.17) is 16.3 Å². The molecule has 0 aliphatic heterocycles. The highest BCUT2D eigenvalue weighted by Gasteiger charge is 2.18. The van der Waals surface area contributed by atoms with Crippen LogP contribution in [0.5, 0.6) is 5.75 Å². The van der Waals surface area contributed by atoms with Crippen molar-refractivity contribution in [1.29, 1.82) is 0 Å². The first kappa shape index (κ1) is 26.6. The first-order valence-corrected chi connectivity index (χ1v) is 13.3. The zero-order chi connectivity index (χ0) is 26.4. The van der Waals surface area contributed by atoms with Gasteiger partial charge in [-0.1, -0.05) is 67.5 Å². The standard InChI is InChI=1S/C28H30ClN5O2S/c1-18(2)21-9-12-23(13-10-21)31-27(35)30-16-26-32-33-28(34(26)25-15-22(29)11-8-19(25)3)37-17-20-6-5-7-24(14-20)36-4/h5-15,18H,16-17H2,1-4H3,(H2,30,31,35). The second-order valence-corrected chi connectivity index (χ2v) is 10.3. The summed E-state index contributed by atoms with van der Waals surface area (Å²) in [6.45, 7) is 6.47. The van der Waals surface area contributed by atoms with Crippen molar-refractivity contribution in [3.63, 3.8) is 0 Å². The first-order chi connectivity index (χ1) is 17.8. The van der Waals surface area contributed by atoms with E-state index in [2.05, 4.69) is 34.7 Å². The van der Waals surface area contributed by atoms with Gasteiger partial charge in [0.15, 0.2) is 11.0 Å². The number of hydrogen-bond acceptors (Lipinski definition) is 5. The smallest absolute Gasteiger partial charge is 0.319 e. The van der Waals surface area contributed by atoms with E-state index in [0.717, 1.165) is 28.3 Å². The van der Waals surface area contributed by atoms with Gasteiger partial charge in [-0.15, -0.1) is 10.2 Å². The van der Waals surface area contributed by atoms with Crippen molar-refractivity contribution in [3.8, 4) is 11.4 Å². The Morgan fingerprint density at radius 3 is 2.59 bits per heavy atom. The molecule has 37 heavy (non-hydrogen) atoms. The molecule has 0 saturated heterocycles. The van der Waals surface area contributed by atoms with Crippen molar-refractivity contribution < 1.29 is 9.53 Å². The fraction of sp³-hybridized carbons (Fsp3) is 0.250. The van der Waals surface area contributed by atoms with Crippen LogP contribution < -0.4 is 15.4 Å². The Hall–Kier alpha value is -3.49. The summed E-state index contributed by atoms with van der Waals surface area (Å²) in [6.07, 6.45) is 0. The summed E-state index contributed by atoms with van der Waals surface area (Å²) in [5, 5.41) is 15.9. The normalized spacial score (nSPS) is 11.0. The number of nitrogens with zero attached hydrogens (tertiary/aromatic N) is 3. The molecule has 4 aromatic rings. The van der Waals surface area contributed by atoms with Gasteiger partial charge in [0.25, 0.3) is 0 Å². The lowest BCUT2D eigenvalue weighted by Crippen LogP contribution is -2.29. The molecule has 0 spiro atoms. The van der Waals surface area contributed by atoms with Crippen LogP contribution in [0.1, 0.15) is 42.3 Å². The fourth-order valence-corrected chi connectivity index (χ4v) is 4.84. The van der Waals surface area contributed by atoms with Gasteiger partial charge in [0.05, 0.1) is 19.3 Å². The summed E-state index contributed by atoms with van der Waals surface area (Å²) in [6, 6.07) is 21.1. The average Bonchev–Trinajstić information content (AvgIpc) is 3.30. The second-order valence-electron chi connectivity index (χ2n) is 8.89. The number of thioether (sulfide) groups is 1. The number of methoxy groups -OCH3 is 1. The largest absolute Gasteiger partial charge is 0.497 e. The summed E-state index contributed by atoms with van der Waals surface area (Å²) in [5.74, 6) is 2.51. The van der Waals surface area contributed by atoms with Crippen LogP contribution in [0.15, 0.2) is 71.9 Å². The SMILES string of the molecule is COc1cccc(CSc2nnc(CNC(=O)Nc3ccc(C(C)C)cc3)n2-c2cc(Cl)ccc2C)c1. The molecule has 192 valence electrons. The molecular weight excluding hydrogens is 506 g/mol. The maximum absolute atomic E-state index is 12.6. The molecule has 0 aliphatic rings. The van der Waals surface area contributed by atoms with Crippen LogP contribution in [0.3, 0.4) is 0 Å². The maximum atomic E-state index is 12.6. The van der Waals surface area contributed by atoms with Gasteiger partial charge in [0, 0.05) is 16.5 Å². The molecule has 0 fully saturated rings. The number of carbonyl (C=O) groups excluding carboxylic acids is 1. The van der Waals surface area contributed by atoms with Crippen LogP contribution in [-0.2, 0) is 12.3 Å². The molecule has 4 rings (SSSR count). The number of ether oxygens (including phenoxy) is 1. The van der Waals surface area contributed by atoms with Gasteiger partial charge in [0.1, 0.15) is 5.75 Å². The zero-order valence-electron chi connectivity index (χ0n) is 21.3. The zero-order valence-corrected chi connectivity index (χ0v) is 22.9. The monoisotopic (exact) mass is 535 g/mol. The van der Waals surface area contributed by atoms with Crippen LogP contribution in [0.2, 0.25) is 5.02 Å². The average molecular weight is 536 g/mol. The Kier molecular flexibility index (Phi) is 8.74. The van der Waals surface area contributed by atoms with Crippen molar-refractivity contribution in [2.75, 3.05) is 12.4 Å². The predicted octanol–water partition coefficient (Wildman–Crippen LogP) is 6.98. The van der Waals surface area contributed by atoms with Crippen molar-refractivity contribution in [3.05, 3.63) is 94.3 Å². The minimum Gasteiger partial charge on any atom is -0.497 e. The molecule has 0 unspecified atom stereocenters. The number of urea groups is 1. The van der Waals surface area contributed by atoms with Crippen molar-refractivity contribution in [2.24, 2.45) is 0 Å². The minimum atomic E-state index is -0.319. The third kappa shape index (κ3) is 6.84. The Labute approximate surface area is 226 Å². The van der Waals surface area contributed by atoms with Crippen molar-refractivity contribution in [1.82, 2.24) is 20.1 Å². The molecule has 2 amide bonds. The summed E-state index contributed by atoms with van der Waals surface area (Å²) in [5.41, 5.74) is 4.93. The molecule has 1 heterocycles. The van der Waals surface area contributed by atoms with Gasteiger partial charge in [-0.05, 0) is 65.9 Å². The van der Waals surface area contributed by atoms with Gasteiger partial charge in [-0.2, -0.15) is 0 Å². The number of nitrogens with one attached hydrogen (secondary N) is 2. The Morgan fingerprint density at radius 1 is 1.08 bits per heavy atom. The van der Waals surface area contributed by atoms with Crippen LogP contribution in [0.25, 0.3) is 5.69 Å². The molecule has 2 N–H and O–H groups in total. The van der Waals surface area contributed by atoms with Crippen molar-refractivity contribution in [2.45, 2.75) is 44.1 Å². The number of anilines is 1. The lowest BCUT2D eigenvalue weighted by atomic mass is 10.0. The predicted molar refractivity (Wildman–Crippen MR) is 150 cm³/mol. The summed E-state index contributed by atoms with van der Waals surface area (Å²) in [7, 11) is 1.65. The summed E-state index contributed by atoms with van der Waals surface area (Å²) < 4.78 is 7.29. The molecule has 1 aromatic heterocycles. The molecule has 0 atom stereocenters. The van der Waals surface area contributed by atoms with E-state index in [1.807, 2.05) is 78.2 Å². The quantitative estimate of drug-likeness (QED) is 0.226. The number of carbonyl (C=O) groups is 1. The summed E-state index contributed by atoms with van der Waals surface area (Å²) in [4.78, 5) is 12.6. The molecule has 0 radical (unpaired) electrons. The number of benzene rings is 3. The van der Waals surface area contributed by atoms with Crippen LogP contribution in [0, 0.1) is 6.92 Å². The number of amides is 2. The van der Waals surface area contributed by atoms with E-state index < -0.39 is 0 Å². The second kappa shape index (κ2) is 12.2. The van der Waals surface area contributed by atoms with E-state index in [1.54, 1.807) is 18.9 Å². The number of hydrogen-bond donors (Lipinski definition) is 2. The Bertz CT molecular complexity index is 1370. The van der Waals surface area contributed by atoms with E-state index >= 15 is 0 Å². The lowest BCUT2D eigenvalue weighted by molar-refractivity contribution is 0.251. The molecule has 3 aromatic carbocycles. The number of halogens is 1. The number of rotatable bonds is 9. The van der Waals surface area contributed by atoms with E-state index in [1.165, 1.54) is 5.56 Å². The van der Waals surface area contributed by atoms with Crippen LogP contribution in [0.4, 0.5) is 10.5 Å². The van der Waals surface area contributed by atoms with Gasteiger partial charge in [0.2, 0.25) is 0 Å². The number of aromatic nitrogens is 3. The van der Waals surface area contributed by atoms with Crippen LogP contribution in [-0.4, -0.2) is 27.9 Å². The Morgan fingerprint density at radius 2 is 1.86 bits per heavy atom. The molecule has 9 heteroatoms. The lowest BCUT2D eigenvalue weighted by Gasteiger charge is -2.14. The Balaban J connectivity index is 1.52. The topological polar surface area (TPSA) is 81.1 Å².